The SMILES string of the molecule is O=C(NC1(C(F)(F)F)CC1)c1ccc(Br)cc1O. The normalized spacial score (nSPS) is 17.3. The Labute approximate surface area is 109 Å². The van der Waals surface area contributed by atoms with E-state index in [0.717, 1.165) is 0 Å². The second kappa shape index (κ2) is 4.15. The number of benzene rings is 1. The molecule has 0 aromatic heterocycles. The number of hydrogen-bond donors (Lipinski definition) is 2. The Hall–Kier alpha value is -1.24. The van der Waals surface area contributed by atoms with Crippen LogP contribution >= 0.6 is 15.9 Å². The lowest BCUT2D eigenvalue weighted by Crippen LogP contribution is -2.47. The van der Waals surface area contributed by atoms with Crippen molar-refractivity contribution in [1.82, 2.24) is 5.32 Å². The molecule has 1 saturated carbocycles. The Morgan fingerprint density at radius 2 is 2.00 bits per heavy atom. The number of hydrogen-bond acceptors (Lipinski definition) is 2. The molecule has 2 rings (SSSR count). The van der Waals surface area contributed by atoms with Crippen LogP contribution in [0, 0.1) is 0 Å². The molecular formula is C11H9BrF3NO2. The van der Waals surface area contributed by atoms with Gasteiger partial charge in [-0.25, -0.2) is 0 Å². The first-order valence-electron chi connectivity index (χ1n) is 5.13. The third-order valence-electron chi connectivity index (χ3n) is 2.85. The molecule has 1 aliphatic rings. The van der Waals surface area contributed by atoms with Crippen molar-refractivity contribution in [3.8, 4) is 5.75 Å². The summed E-state index contributed by atoms with van der Waals surface area (Å²) in [5.74, 6) is -1.28. The summed E-state index contributed by atoms with van der Waals surface area (Å²) >= 11 is 3.08. The van der Waals surface area contributed by atoms with Crippen LogP contribution in [0.25, 0.3) is 0 Å². The van der Waals surface area contributed by atoms with Crippen molar-refractivity contribution in [3.63, 3.8) is 0 Å². The number of carbonyl (C=O) groups is 1. The fraction of sp³-hybridized carbons (Fsp3) is 0.364. The molecular weight excluding hydrogens is 315 g/mol. The van der Waals surface area contributed by atoms with E-state index in [1.807, 2.05) is 5.32 Å². The zero-order chi connectivity index (χ0) is 13.6. The molecule has 3 nitrogen and oxygen atoms in total. The summed E-state index contributed by atoms with van der Waals surface area (Å²) in [7, 11) is 0. The number of phenolic OH excluding ortho intramolecular Hbond substituents is 1. The Morgan fingerprint density at radius 1 is 1.39 bits per heavy atom. The van der Waals surface area contributed by atoms with Gasteiger partial charge in [-0.1, -0.05) is 15.9 Å². The quantitative estimate of drug-likeness (QED) is 0.879. The van der Waals surface area contributed by atoms with Gasteiger partial charge >= 0.3 is 6.18 Å². The molecule has 1 aliphatic carbocycles. The molecule has 98 valence electrons. The van der Waals surface area contributed by atoms with Gasteiger partial charge in [0.1, 0.15) is 11.3 Å². The first-order chi connectivity index (χ1) is 8.25. The molecule has 0 bridgehead atoms. The summed E-state index contributed by atoms with van der Waals surface area (Å²) in [6, 6.07) is 3.99. The number of phenols is 1. The molecule has 1 aromatic rings. The average molecular weight is 324 g/mol. The second-order valence-electron chi connectivity index (χ2n) is 4.20. The summed E-state index contributed by atoms with van der Waals surface area (Å²) in [6.45, 7) is 0. The van der Waals surface area contributed by atoms with Crippen LogP contribution in [0.2, 0.25) is 0 Å². The van der Waals surface area contributed by atoms with Crippen molar-refractivity contribution in [1.29, 1.82) is 0 Å². The smallest absolute Gasteiger partial charge is 0.411 e. The fourth-order valence-corrected chi connectivity index (χ4v) is 1.93. The number of alkyl halides is 3. The number of amides is 1. The Kier molecular flexibility index (Phi) is 3.04. The fourth-order valence-electron chi connectivity index (χ4n) is 1.59. The monoisotopic (exact) mass is 323 g/mol. The lowest BCUT2D eigenvalue weighted by atomic mass is 10.1. The van der Waals surface area contributed by atoms with Crippen LogP contribution in [0.15, 0.2) is 22.7 Å². The van der Waals surface area contributed by atoms with E-state index >= 15 is 0 Å². The first kappa shape index (κ1) is 13.2. The maximum atomic E-state index is 12.7. The number of nitrogens with one attached hydrogen (secondary N) is 1. The Balaban J connectivity index is 2.19. The minimum atomic E-state index is -4.46. The first-order valence-corrected chi connectivity index (χ1v) is 5.92. The predicted molar refractivity (Wildman–Crippen MR) is 61.3 cm³/mol. The molecule has 7 heteroatoms. The van der Waals surface area contributed by atoms with Crippen molar-refractivity contribution < 1.29 is 23.1 Å². The average Bonchev–Trinajstić information content (AvgIpc) is 2.97. The second-order valence-corrected chi connectivity index (χ2v) is 5.11. The summed E-state index contributed by atoms with van der Waals surface area (Å²) in [5, 5.41) is 11.5. The summed E-state index contributed by atoms with van der Waals surface area (Å²) in [6.07, 6.45) is -4.72. The molecule has 0 spiro atoms. The topological polar surface area (TPSA) is 49.3 Å². The molecule has 1 aromatic carbocycles. The van der Waals surface area contributed by atoms with E-state index in [2.05, 4.69) is 15.9 Å². The molecule has 1 fully saturated rings. The molecule has 0 atom stereocenters. The van der Waals surface area contributed by atoms with Crippen LogP contribution in [-0.4, -0.2) is 22.7 Å². The highest BCUT2D eigenvalue weighted by Gasteiger charge is 2.64. The van der Waals surface area contributed by atoms with E-state index in [1.165, 1.54) is 18.2 Å². The highest BCUT2D eigenvalue weighted by atomic mass is 79.9. The van der Waals surface area contributed by atoms with Crippen LogP contribution in [0.4, 0.5) is 13.2 Å². The van der Waals surface area contributed by atoms with Gasteiger partial charge in [-0.15, -0.1) is 0 Å². The molecule has 1 amide bonds. The number of carbonyl (C=O) groups excluding carboxylic acids is 1. The van der Waals surface area contributed by atoms with Gasteiger partial charge in [0.2, 0.25) is 0 Å². The Morgan fingerprint density at radius 3 is 2.44 bits per heavy atom. The Bertz CT molecular complexity index is 498. The molecule has 0 heterocycles. The highest BCUT2D eigenvalue weighted by molar-refractivity contribution is 9.10. The number of rotatable bonds is 2. The van der Waals surface area contributed by atoms with E-state index in [1.54, 1.807) is 0 Å². The lowest BCUT2D eigenvalue weighted by Gasteiger charge is -2.20. The van der Waals surface area contributed by atoms with Crippen LogP contribution in [0.1, 0.15) is 23.2 Å². The van der Waals surface area contributed by atoms with E-state index < -0.39 is 17.6 Å². The minimum Gasteiger partial charge on any atom is -0.507 e. The lowest BCUT2D eigenvalue weighted by molar-refractivity contribution is -0.163. The standard InChI is InChI=1S/C11H9BrF3NO2/c12-6-1-2-7(8(17)5-6)9(18)16-10(3-4-10)11(13,14)15/h1-2,5,17H,3-4H2,(H,16,18). The van der Waals surface area contributed by atoms with Gasteiger partial charge in [0.15, 0.2) is 0 Å². The number of halogens is 4. The summed E-state index contributed by atoms with van der Waals surface area (Å²) in [5.41, 5.74) is -2.29. The molecule has 18 heavy (non-hydrogen) atoms. The van der Waals surface area contributed by atoms with Crippen molar-refractivity contribution in [2.75, 3.05) is 0 Å². The van der Waals surface area contributed by atoms with Crippen LogP contribution in [0.5, 0.6) is 5.75 Å². The largest absolute Gasteiger partial charge is 0.507 e. The minimum absolute atomic E-state index is 0.125. The van der Waals surface area contributed by atoms with Crippen molar-refractivity contribution >= 4 is 21.8 Å². The van der Waals surface area contributed by atoms with E-state index in [4.69, 9.17) is 0 Å². The van der Waals surface area contributed by atoms with E-state index in [0.29, 0.717) is 4.47 Å². The van der Waals surface area contributed by atoms with Crippen LogP contribution in [-0.2, 0) is 0 Å². The summed E-state index contributed by atoms with van der Waals surface area (Å²) < 4.78 is 38.5. The van der Waals surface area contributed by atoms with Gasteiger partial charge in [0, 0.05) is 4.47 Å². The van der Waals surface area contributed by atoms with Crippen molar-refractivity contribution in [2.24, 2.45) is 0 Å². The van der Waals surface area contributed by atoms with E-state index in [9.17, 15) is 23.1 Å². The maximum absolute atomic E-state index is 12.7. The molecule has 0 unspecified atom stereocenters. The summed E-state index contributed by atoms with van der Waals surface area (Å²) in [4.78, 5) is 11.7. The zero-order valence-electron chi connectivity index (χ0n) is 9.01. The van der Waals surface area contributed by atoms with Crippen molar-refractivity contribution in [3.05, 3.63) is 28.2 Å². The van der Waals surface area contributed by atoms with Gasteiger partial charge in [0.05, 0.1) is 5.56 Å². The van der Waals surface area contributed by atoms with Gasteiger partial charge in [0.25, 0.3) is 5.91 Å². The van der Waals surface area contributed by atoms with Crippen LogP contribution < -0.4 is 5.32 Å². The van der Waals surface area contributed by atoms with Crippen molar-refractivity contribution in [2.45, 2.75) is 24.6 Å². The third-order valence-corrected chi connectivity index (χ3v) is 3.34. The van der Waals surface area contributed by atoms with Gasteiger partial charge in [-0.3, -0.25) is 4.79 Å². The number of aromatic hydroxyl groups is 1. The maximum Gasteiger partial charge on any atom is 0.411 e. The molecule has 2 N–H and O–H groups in total. The van der Waals surface area contributed by atoms with Crippen LogP contribution in [0.3, 0.4) is 0 Å². The van der Waals surface area contributed by atoms with Gasteiger partial charge < -0.3 is 10.4 Å². The zero-order valence-corrected chi connectivity index (χ0v) is 10.6. The highest BCUT2D eigenvalue weighted by Crippen LogP contribution is 2.49. The molecule has 0 aliphatic heterocycles. The molecule has 0 saturated heterocycles. The van der Waals surface area contributed by atoms with Gasteiger partial charge in [-0.05, 0) is 31.0 Å². The third kappa shape index (κ3) is 2.31. The van der Waals surface area contributed by atoms with Gasteiger partial charge in [-0.2, -0.15) is 13.2 Å². The molecule has 0 radical (unpaired) electrons. The van der Waals surface area contributed by atoms with E-state index in [-0.39, 0.29) is 24.2 Å². The predicted octanol–water partition coefficient (Wildman–Crippen LogP) is 2.98.